The molecule has 6 nitrogen and oxygen atoms in total. The minimum absolute atomic E-state index is 0.143. The number of benzene rings is 1. The number of hydrogen-bond acceptors (Lipinski definition) is 4. The number of carbonyl (C=O) groups is 1. The van der Waals surface area contributed by atoms with Gasteiger partial charge in [-0.3, -0.25) is 9.59 Å². The van der Waals surface area contributed by atoms with E-state index in [-0.39, 0.29) is 22.9 Å². The van der Waals surface area contributed by atoms with Gasteiger partial charge in [0.25, 0.3) is 11.5 Å². The van der Waals surface area contributed by atoms with Crippen LogP contribution in [0.4, 0.5) is 0 Å². The van der Waals surface area contributed by atoms with Crippen LogP contribution < -0.4 is 20.3 Å². The van der Waals surface area contributed by atoms with Gasteiger partial charge < -0.3 is 19.8 Å². The number of amides is 1. The van der Waals surface area contributed by atoms with Gasteiger partial charge in [-0.25, -0.2) is 0 Å². The molecule has 1 aliphatic heterocycles. The van der Waals surface area contributed by atoms with Gasteiger partial charge in [0, 0.05) is 24.2 Å². The summed E-state index contributed by atoms with van der Waals surface area (Å²) in [6.45, 7) is 4.65. The molecule has 132 valence electrons. The molecule has 25 heavy (non-hydrogen) atoms. The van der Waals surface area contributed by atoms with E-state index in [2.05, 4.69) is 10.3 Å². The number of nitrogens with one attached hydrogen (secondary N) is 2. The molecule has 0 saturated heterocycles. The lowest BCUT2D eigenvalue weighted by Gasteiger charge is -2.25. The third kappa shape index (κ3) is 3.68. The molecular weight excluding hydrogens is 320 g/mol. The third-order valence-corrected chi connectivity index (χ3v) is 4.55. The van der Waals surface area contributed by atoms with Gasteiger partial charge in [-0.2, -0.15) is 0 Å². The summed E-state index contributed by atoms with van der Waals surface area (Å²) < 4.78 is 11.0. The van der Waals surface area contributed by atoms with Crippen molar-refractivity contribution in [2.45, 2.75) is 20.3 Å². The van der Waals surface area contributed by atoms with Gasteiger partial charge in [0.15, 0.2) is 0 Å². The molecule has 0 bridgehead atoms. The highest BCUT2D eigenvalue weighted by atomic mass is 16.5. The smallest absolute Gasteiger partial charge is 0.261 e. The Morgan fingerprint density at radius 3 is 2.92 bits per heavy atom. The number of fused-ring (bicyclic) bond motifs is 1. The van der Waals surface area contributed by atoms with Crippen LogP contribution in [0.1, 0.15) is 27.2 Å². The third-order valence-electron chi connectivity index (χ3n) is 4.55. The first-order valence-corrected chi connectivity index (χ1v) is 8.26. The van der Waals surface area contributed by atoms with Crippen molar-refractivity contribution in [3.8, 4) is 11.5 Å². The monoisotopic (exact) mass is 342 g/mol. The highest BCUT2D eigenvalue weighted by Gasteiger charge is 2.22. The molecule has 6 heteroatoms. The number of aromatic amines is 1. The maximum atomic E-state index is 12.3. The van der Waals surface area contributed by atoms with E-state index in [0.717, 1.165) is 34.7 Å². The quantitative estimate of drug-likeness (QED) is 0.890. The number of pyridine rings is 1. The first kappa shape index (κ1) is 17.1. The van der Waals surface area contributed by atoms with Crippen molar-refractivity contribution < 1.29 is 14.3 Å². The molecule has 0 unspecified atom stereocenters. The molecule has 2 aromatic rings. The molecule has 2 N–H and O–H groups in total. The number of aromatic nitrogens is 1. The Hall–Kier alpha value is -2.76. The predicted molar refractivity (Wildman–Crippen MR) is 94.6 cm³/mol. The molecule has 0 aliphatic carbocycles. The second-order valence-corrected chi connectivity index (χ2v) is 6.38. The number of methoxy groups -OCH3 is 1. The Labute approximate surface area is 146 Å². The molecule has 1 aromatic heterocycles. The highest BCUT2D eigenvalue weighted by molar-refractivity contribution is 5.94. The SMILES string of the molecule is COc1ccc2c(c1)OC[C@@H](CNC(=O)c1cc(C)c(C)[nH]c1=O)C2. The van der Waals surface area contributed by atoms with Gasteiger partial charge in [-0.1, -0.05) is 6.07 Å². The fourth-order valence-corrected chi connectivity index (χ4v) is 2.90. The van der Waals surface area contributed by atoms with E-state index in [1.165, 1.54) is 0 Å². The standard InChI is InChI=1S/C19H22N2O4/c1-11-6-16(19(23)21-12(11)2)18(22)20-9-13-7-14-4-5-15(24-3)8-17(14)25-10-13/h4-6,8,13H,7,9-10H2,1-3H3,(H,20,22)(H,21,23)/t13-/m1/s1. The lowest BCUT2D eigenvalue weighted by Crippen LogP contribution is -2.37. The van der Waals surface area contributed by atoms with E-state index in [4.69, 9.17) is 9.47 Å². The van der Waals surface area contributed by atoms with Crippen molar-refractivity contribution in [3.05, 3.63) is 57.0 Å². The Bertz CT molecular complexity index is 857. The fourth-order valence-electron chi connectivity index (χ4n) is 2.90. The van der Waals surface area contributed by atoms with Crippen molar-refractivity contribution in [3.63, 3.8) is 0 Å². The average Bonchev–Trinajstić information content (AvgIpc) is 2.62. The summed E-state index contributed by atoms with van der Waals surface area (Å²) in [7, 11) is 1.62. The van der Waals surface area contributed by atoms with Crippen LogP contribution in [0.15, 0.2) is 29.1 Å². The Morgan fingerprint density at radius 1 is 1.36 bits per heavy atom. The summed E-state index contributed by atoms with van der Waals surface area (Å²) in [4.78, 5) is 27.0. The Morgan fingerprint density at radius 2 is 2.16 bits per heavy atom. The second kappa shape index (κ2) is 7.01. The average molecular weight is 342 g/mol. The topological polar surface area (TPSA) is 80.4 Å². The molecule has 1 aliphatic rings. The summed E-state index contributed by atoms with van der Waals surface area (Å²) in [5.74, 6) is 1.40. The van der Waals surface area contributed by atoms with E-state index < -0.39 is 0 Å². The molecule has 1 atom stereocenters. The first-order valence-electron chi connectivity index (χ1n) is 8.26. The normalized spacial score (nSPS) is 15.9. The number of carbonyl (C=O) groups excluding carboxylic acids is 1. The zero-order valence-corrected chi connectivity index (χ0v) is 14.6. The maximum absolute atomic E-state index is 12.3. The van der Waals surface area contributed by atoms with Crippen LogP contribution in [-0.4, -0.2) is 31.2 Å². The summed E-state index contributed by atoms with van der Waals surface area (Å²) in [6.07, 6.45) is 0.808. The molecule has 0 fully saturated rings. The zero-order chi connectivity index (χ0) is 18.0. The first-order chi connectivity index (χ1) is 12.0. The summed E-state index contributed by atoms with van der Waals surface area (Å²) in [6, 6.07) is 7.38. The maximum Gasteiger partial charge on any atom is 0.261 e. The molecule has 1 amide bonds. The minimum atomic E-state index is -0.363. The molecule has 0 radical (unpaired) electrons. The van der Waals surface area contributed by atoms with Crippen LogP contribution >= 0.6 is 0 Å². The highest BCUT2D eigenvalue weighted by Crippen LogP contribution is 2.30. The number of aryl methyl sites for hydroxylation is 2. The largest absolute Gasteiger partial charge is 0.497 e. The van der Waals surface area contributed by atoms with Crippen LogP contribution in [0.3, 0.4) is 0 Å². The van der Waals surface area contributed by atoms with Gasteiger partial charge in [0.05, 0.1) is 13.7 Å². The van der Waals surface area contributed by atoms with Gasteiger partial charge in [-0.05, 0) is 43.5 Å². The lowest BCUT2D eigenvalue weighted by atomic mass is 9.96. The van der Waals surface area contributed by atoms with Gasteiger partial charge in [0.1, 0.15) is 17.1 Å². The van der Waals surface area contributed by atoms with Crippen molar-refractivity contribution >= 4 is 5.91 Å². The number of H-pyrrole nitrogens is 1. The van der Waals surface area contributed by atoms with Gasteiger partial charge in [-0.15, -0.1) is 0 Å². The van der Waals surface area contributed by atoms with E-state index in [9.17, 15) is 9.59 Å². The molecule has 2 heterocycles. The van der Waals surface area contributed by atoms with Crippen molar-refractivity contribution in [2.24, 2.45) is 5.92 Å². The zero-order valence-electron chi connectivity index (χ0n) is 14.6. The van der Waals surface area contributed by atoms with Crippen molar-refractivity contribution in [2.75, 3.05) is 20.3 Å². The number of rotatable bonds is 4. The molecule has 3 rings (SSSR count). The van der Waals surface area contributed by atoms with Crippen LogP contribution in [0.2, 0.25) is 0 Å². The van der Waals surface area contributed by atoms with E-state index >= 15 is 0 Å². The summed E-state index contributed by atoms with van der Waals surface area (Å²) >= 11 is 0. The predicted octanol–water partition coefficient (Wildman–Crippen LogP) is 1.98. The van der Waals surface area contributed by atoms with Gasteiger partial charge >= 0.3 is 0 Å². The molecular formula is C19H22N2O4. The summed E-state index contributed by atoms with van der Waals surface area (Å²) in [5, 5.41) is 2.85. The summed E-state index contributed by atoms with van der Waals surface area (Å²) in [5.41, 5.74) is 2.53. The Kier molecular flexibility index (Phi) is 4.79. The van der Waals surface area contributed by atoms with E-state index in [1.807, 2.05) is 32.0 Å². The van der Waals surface area contributed by atoms with E-state index in [1.54, 1.807) is 13.2 Å². The van der Waals surface area contributed by atoms with Gasteiger partial charge in [0.2, 0.25) is 0 Å². The van der Waals surface area contributed by atoms with Crippen molar-refractivity contribution in [1.82, 2.24) is 10.3 Å². The molecule has 1 aromatic carbocycles. The van der Waals surface area contributed by atoms with Crippen LogP contribution in [0.5, 0.6) is 11.5 Å². The van der Waals surface area contributed by atoms with Crippen LogP contribution in [-0.2, 0) is 6.42 Å². The van der Waals surface area contributed by atoms with Crippen LogP contribution in [0.25, 0.3) is 0 Å². The van der Waals surface area contributed by atoms with Crippen molar-refractivity contribution in [1.29, 1.82) is 0 Å². The molecule has 0 spiro atoms. The van der Waals surface area contributed by atoms with Crippen LogP contribution in [0, 0.1) is 19.8 Å². The number of ether oxygens (including phenoxy) is 2. The van der Waals surface area contributed by atoms with E-state index in [0.29, 0.717) is 13.2 Å². The molecule has 0 saturated carbocycles. The fraction of sp³-hybridized carbons (Fsp3) is 0.368. The number of hydrogen-bond donors (Lipinski definition) is 2. The minimum Gasteiger partial charge on any atom is -0.497 e. The Balaban J connectivity index is 1.63. The lowest BCUT2D eigenvalue weighted by molar-refractivity contribution is 0.0937. The second-order valence-electron chi connectivity index (χ2n) is 6.38.